The molecule has 0 heterocycles. The van der Waals surface area contributed by atoms with Crippen LogP contribution in [-0.4, -0.2) is 20.2 Å². The van der Waals surface area contributed by atoms with Crippen molar-refractivity contribution in [1.82, 2.24) is 5.32 Å². The van der Waals surface area contributed by atoms with Crippen molar-refractivity contribution >= 4 is 15.9 Å². The summed E-state index contributed by atoms with van der Waals surface area (Å²) in [6.07, 6.45) is 6.54. The van der Waals surface area contributed by atoms with Crippen LogP contribution in [0.2, 0.25) is 0 Å². The molecule has 0 bridgehead atoms. The van der Waals surface area contributed by atoms with E-state index in [1.54, 1.807) is 7.11 Å². The molecule has 1 N–H and O–H groups in total. The second kappa shape index (κ2) is 6.58. The zero-order valence-corrected chi connectivity index (χ0v) is 12.8. The van der Waals surface area contributed by atoms with Crippen molar-refractivity contribution in [2.75, 3.05) is 14.2 Å². The summed E-state index contributed by atoms with van der Waals surface area (Å²) in [5.74, 6) is 1.73. The molecule has 0 saturated heterocycles. The molecule has 1 saturated carbocycles. The number of halogens is 1. The van der Waals surface area contributed by atoms with Crippen LogP contribution in [0.5, 0.6) is 5.75 Å². The number of rotatable bonds is 4. The van der Waals surface area contributed by atoms with E-state index in [1.807, 2.05) is 0 Å². The standard InChI is InChI=1S/C15H22BrNO/c1-17-13-5-3-4-11(9-13)8-12-6-7-15(18-2)14(16)10-12/h6-7,10-11,13,17H,3-5,8-9H2,1-2H3. The first-order chi connectivity index (χ1) is 8.72. The summed E-state index contributed by atoms with van der Waals surface area (Å²) >= 11 is 3.56. The molecule has 1 fully saturated rings. The lowest BCUT2D eigenvalue weighted by atomic mass is 9.82. The van der Waals surface area contributed by atoms with Gasteiger partial charge in [-0.2, -0.15) is 0 Å². The van der Waals surface area contributed by atoms with Gasteiger partial charge in [0.25, 0.3) is 0 Å². The van der Waals surface area contributed by atoms with E-state index in [-0.39, 0.29) is 0 Å². The van der Waals surface area contributed by atoms with E-state index in [1.165, 1.54) is 37.7 Å². The van der Waals surface area contributed by atoms with Gasteiger partial charge >= 0.3 is 0 Å². The van der Waals surface area contributed by atoms with Crippen LogP contribution in [0.15, 0.2) is 22.7 Å². The maximum atomic E-state index is 5.27. The summed E-state index contributed by atoms with van der Waals surface area (Å²) in [7, 11) is 3.79. The third kappa shape index (κ3) is 3.48. The van der Waals surface area contributed by atoms with Crippen LogP contribution in [0, 0.1) is 5.92 Å². The molecule has 0 aliphatic heterocycles. The average Bonchev–Trinajstić information content (AvgIpc) is 2.39. The van der Waals surface area contributed by atoms with Crippen molar-refractivity contribution in [2.24, 2.45) is 5.92 Å². The molecule has 1 aliphatic carbocycles. The Morgan fingerprint density at radius 2 is 2.22 bits per heavy atom. The van der Waals surface area contributed by atoms with Gasteiger partial charge in [-0.05, 0) is 65.9 Å². The van der Waals surface area contributed by atoms with Crippen LogP contribution >= 0.6 is 15.9 Å². The third-order valence-corrected chi connectivity index (χ3v) is 4.55. The fraction of sp³-hybridized carbons (Fsp3) is 0.600. The first-order valence-corrected chi connectivity index (χ1v) is 7.52. The predicted molar refractivity (Wildman–Crippen MR) is 79.2 cm³/mol. The minimum Gasteiger partial charge on any atom is -0.496 e. The fourth-order valence-electron chi connectivity index (χ4n) is 2.91. The van der Waals surface area contributed by atoms with E-state index in [4.69, 9.17) is 4.74 Å². The Bertz CT molecular complexity index is 394. The average molecular weight is 312 g/mol. The van der Waals surface area contributed by atoms with E-state index in [0.29, 0.717) is 6.04 Å². The zero-order chi connectivity index (χ0) is 13.0. The van der Waals surface area contributed by atoms with Crippen LogP contribution in [0.25, 0.3) is 0 Å². The van der Waals surface area contributed by atoms with Gasteiger partial charge in [0.2, 0.25) is 0 Å². The van der Waals surface area contributed by atoms with Gasteiger partial charge in [0.15, 0.2) is 0 Å². The molecule has 100 valence electrons. The molecule has 2 unspecified atom stereocenters. The minimum absolute atomic E-state index is 0.713. The molecule has 1 aromatic carbocycles. The summed E-state index contributed by atoms with van der Waals surface area (Å²) in [5, 5.41) is 3.42. The van der Waals surface area contributed by atoms with Crippen molar-refractivity contribution in [3.8, 4) is 5.75 Å². The SMILES string of the molecule is CNC1CCCC(Cc2ccc(OC)c(Br)c2)C1. The molecule has 3 heteroatoms. The van der Waals surface area contributed by atoms with E-state index < -0.39 is 0 Å². The molecule has 0 aromatic heterocycles. The third-order valence-electron chi connectivity index (χ3n) is 3.93. The highest BCUT2D eigenvalue weighted by Gasteiger charge is 2.21. The highest BCUT2D eigenvalue weighted by molar-refractivity contribution is 9.10. The fourth-order valence-corrected chi connectivity index (χ4v) is 3.50. The summed E-state index contributed by atoms with van der Waals surface area (Å²) in [5.41, 5.74) is 1.41. The summed E-state index contributed by atoms with van der Waals surface area (Å²) in [4.78, 5) is 0. The molecule has 2 atom stereocenters. The molecule has 0 spiro atoms. The van der Waals surface area contributed by atoms with Crippen molar-refractivity contribution in [2.45, 2.75) is 38.1 Å². The molecule has 1 aliphatic rings. The number of hydrogen-bond acceptors (Lipinski definition) is 2. The van der Waals surface area contributed by atoms with Crippen LogP contribution in [0.3, 0.4) is 0 Å². The Balaban J connectivity index is 1.98. The van der Waals surface area contributed by atoms with Crippen molar-refractivity contribution in [3.63, 3.8) is 0 Å². The van der Waals surface area contributed by atoms with Gasteiger partial charge in [-0.15, -0.1) is 0 Å². The monoisotopic (exact) mass is 311 g/mol. The van der Waals surface area contributed by atoms with Gasteiger partial charge < -0.3 is 10.1 Å². The highest BCUT2D eigenvalue weighted by atomic mass is 79.9. The zero-order valence-electron chi connectivity index (χ0n) is 11.2. The Morgan fingerprint density at radius 1 is 1.39 bits per heavy atom. The topological polar surface area (TPSA) is 21.3 Å². The molecule has 2 nitrogen and oxygen atoms in total. The number of benzene rings is 1. The molecule has 0 radical (unpaired) electrons. The number of ether oxygens (including phenoxy) is 1. The summed E-state index contributed by atoms with van der Waals surface area (Å²) in [6.45, 7) is 0. The quantitative estimate of drug-likeness (QED) is 0.913. The number of methoxy groups -OCH3 is 1. The van der Waals surface area contributed by atoms with Crippen LogP contribution < -0.4 is 10.1 Å². The maximum absolute atomic E-state index is 5.27. The van der Waals surface area contributed by atoms with E-state index in [2.05, 4.69) is 46.5 Å². The molecule has 2 rings (SSSR count). The second-order valence-electron chi connectivity index (χ2n) is 5.19. The molecule has 1 aromatic rings. The van der Waals surface area contributed by atoms with E-state index in [9.17, 15) is 0 Å². The minimum atomic E-state index is 0.713. The normalized spacial score (nSPS) is 23.9. The van der Waals surface area contributed by atoms with Crippen LogP contribution in [0.1, 0.15) is 31.2 Å². The van der Waals surface area contributed by atoms with Gasteiger partial charge in [-0.1, -0.05) is 18.9 Å². The van der Waals surface area contributed by atoms with Crippen LogP contribution in [0.4, 0.5) is 0 Å². The summed E-state index contributed by atoms with van der Waals surface area (Å²) < 4.78 is 6.33. The molecular weight excluding hydrogens is 290 g/mol. The molecule has 0 amide bonds. The highest BCUT2D eigenvalue weighted by Crippen LogP contribution is 2.30. The lowest BCUT2D eigenvalue weighted by Crippen LogP contribution is -2.31. The Labute approximate surface area is 118 Å². The lowest BCUT2D eigenvalue weighted by Gasteiger charge is -2.29. The number of nitrogens with one attached hydrogen (secondary N) is 1. The Hall–Kier alpha value is -0.540. The first-order valence-electron chi connectivity index (χ1n) is 6.72. The van der Waals surface area contributed by atoms with Gasteiger partial charge in [0.05, 0.1) is 11.6 Å². The van der Waals surface area contributed by atoms with Gasteiger partial charge in [-0.25, -0.2) is 0 Å². The molecular formula is C15H22BrNO. The maximum Gasteiger partial charge on any atom is 0.133 e. The van der Waals surface area contributed by atoms with E-state index >= 15 is 0 Å². The van der Waals surface area contributed by atoms with Crippen molar-refractivity contribution in [1.29, 1.82) is 0 Å². The predicted octanol–water partition coefficient (Wildman–Crippen LogP) is 3.78. The van der Waals surface area contributed by atoms with E-state index in [0.717, 1.165) is 16.1 Å². The van der Waals surface area contributed by atoms with Gasteiger partial charge in [0.1, 0.15) is 5.75 Å². The second-order valence-corrected chi connectivity index (χ2v) is 6.05. The number of hydrogen-bond donors (Lipinski definition) is 1. The van der Waals surface area contributed by atoms with Crippen LogP contribution in [-0.2, 0) is 6.42 Å². The largest absolute Gasteiger partial charge is 0.496 e. The van der Waals surface area contributed by atoms with Gasteiger partial charge in [-0.3, -0.25) is 0 Å². The Morgan fingerprint density at radius 3 is 2.89 bits per heavy atom. The smallest absolute Gasteiger partial charge is 0.133 e. The lowest BCUT2D eigenvalue weighted by molar-refractivity contribution is 0.294. The summed E-state index contributed by atoms with van der Waals surface area (Å²) in [6, 6.07) is 7.15. The Kier molecular flexibility index (Phi) is 5.07. The first kappa shape index (κ1) is 13.9. The van der Waals surface area contributed by atoms with Gasteiger partial charge in [0, 0.05) is 6.04 Å². The van der Waals surface area contributed by atoms with Crippen molar-refractivity contribution in [3.05, 3.63) is 28.2 Å². The molecule has 18 heavy (non-hydrogen) atoms. The van der Waals surface area contributed by atoms with Crippen molar-refractivity contribution < 1.29 is 4.74 Å².